The van der Waals surface area contributed by atoms with Crippen molar-refractivity contribution in [2.75, 3.05) is 33.8 Å². The van der Waals surface area contributed by atoms with Gasteiger partial charge in [-0.2, -0.15) is 0 Å². The maximum Gasteiger partial charge on any atom is 0.308 e. The Morgan fingerprint density at radius 3 is 2.21 bits per heavy atom. The van der Waals surface area contributed by atoms with Gasteiger partial charge in [0.1, 0.15) is 24.2 Å². The highest BCUT2D eigenvalue weighted by Crippen LogP contribution is 2.25. The lowest BCUT2D eigenvalue weighted by Gasteiger charge is -2.39. The number of nitrogens with zero attached hydrogens (tertiary/aromatic N) is 3. The minimum atomic E-state index is -1.14. The second kappa shape index (κ2) is 15.0. The molecule has 13 heteroatoms. The van der Waals surface area contributed by atoms with Crippen molar-refractivity contribution >= 4 is 35.5 Å². The molecule has 0 radical (unpaired) electrons. The number of epoxide rings is 1. The van der Waals surface area contributed by atoms with Gasteiger partial charge in [-0.15, -0.1) is 0 Å². The van der Waals surface area contributed by atoms with Crippen molar-refractivity contribution in [3.63, 3.8) is 0 Å². The number of esters is 1. The number of carbonyl (C=O) groups is 6. The summed E-state index contributed by atoms with van der Waals surface area (Å²) in [5.41, 5.74) is 0. The van der Waals surface area contributed by atoms with Crippen LogP contribution in [0, 0.1) is 11.8 Å². The smallest absolute Gasteiger partial charge is 0.308 e. The fourth-order valence-corrected chi connectivity index (χ4v) is 5.71. The summed E-state index contributed by atoms with van der Waals surface area (Å²) in [6, 6.07) is -3.58. The molecule has 0 spiro atoms. The van der Waals surface area contributed by atoms with Crippen LogP contribution in [-0.4, -0.2) is 120 Å². The van der Waals surface area contributed by atoms with Gasteiger partial charge in [0.15, 0.2) is 6.10 Å². The molecular weight excluding hydrogens is 558 g/mol. The minimum absolute atomic E-state index is 0.0534. The average Bonchev–Trinajstić information content (AvgIpc) is 3.80. The summed E-state index contributed by atoms with van der Waals surface area (Å²) in [7, 11) is 3.04. The Morgan fingerprint density at radius 1 is 0.930 bits per heavy atom. The first-order chi connectivity index (χ1) is 20.3. The third kappa shape index (κ3) is 8.45. The van der Waals surface area contributed by atoms with Gasteiger partial charge < -0.3 is 34.8 Å². The molecule has 0 aromatic carbocycles. The predicted molar refractivity (Wildman–Crippen MR) is 156 cm³/mol. The Morgan fingerprint density at radius 2 is 1.60 bits per heavy atom. The van der Waals surface area contributed by atoms with Crippen LogP contribution in [0.4, 0.5) is 0 Å². The lowest BCUT2D eigenvalue weighted by Crippen LogP contribution is -2.61. The predicted octanol–water partition coefficient (Wildman–Crippen LogP) is 0.449. The standard InChI is InChI=1S/C30H49N5O8/c1-8-18(4)24-29(40)34(7)25(17(2)3)30(41)33(6)19(5)26(37)31-13-12-23(36)43-22(15-20-16-42-20)28(39)35-14-10-9-11-21(35)27(38)32-24/h17-22,24-25H,8-16H2,1-7H3,(H,31,37)(H,32,38)/t18-,19-,20+,21-,22+,24-,25-/m0/s1. The summed E-state index contributed by atoms with van der Waals surface area (Å²) < 4.78 is 10.9. The molecule has 3 saturated heterocycles. The summed E-state index contributed by atoms with van der Waals surface area (Å²) in [5.74, 6) is -3.50. The number of nitrogens with one attached hydrogen (secondary N) is 2. The molecule has 0 aliphatic carbocycles. The van der Waals surface area contributed by atoms with E-state index in [1.165, 1.54) is 28.8 Å². The Balaban J connectivity index is 2.00. The van der Waals surface area contributed by atoms with Crippen LogP contribution in [0.25, 0.3) is 0 Å². The highest BCUT2D eigenvalue weighted by Gasteiger charge is 2.43. The van der Waals surface area contributed by atoms with Gasteiger partial charge in [-0.3, -0.25) is 28.8 Å². The van der Waals surface area contributed by atoms with E-state index in [9.17, 15) is 28.8 Å². The van der Waals surface area contributed by atoms with E-state index < -0.39 is 65.8 Å². The molecule has 0 bridgehead atoms. The van der Waals surface area contributed by atoms with Crippen LogP contribution in [-0.2, 0) is 38.2 Å². The van der Waals surface area contributed by atoms with Gasteiger partial charge in [0.05, 0.1) is 19.1 Å². The third-order valence-corrected chi connectivity index (χ3v) is 8.88. The zero-order chi connectivity index (χ0) is 32.0. The molecule has 0 saturated carbocycles. The molecule has 242 valence electrons. The number of hydrogen-bond donors (Lipinski definition) is 2. The average molecular weight is 608 g/mol. The van der Waals surface area contributed by atoms with Gasteiger partial charge in [0, 0.05) is 33.6 Å². The normalized spacial score (nSPS) is 31.4. The lowest BCUT2D eigenvalue weighted by molar-refractivity contribution is -0.164. The highest BCUT2D eigenvalue weighted by atomic mass is 16.6. The lowest BCUT2D eigenvalue weighted by atomic mass is 9.93. The van der Waals surface area contributed by atoms with Crippen molar-refractivity contribution < 1.29 is 38.2 Å². The van der Waals surface area contributed by atoms with Crippen LogP contribution in [0.15, 0.2) is 0 Å². The maximum absolute atomic E-state index is 14.0. The number of ether oxygens (including phenoxy) is 2. The van der Waals surface area contributed by atoms with E-state index in [-0.39, 0.29) is 37.3 Å². The molecule has 5 amide bonds. The van der Waals surface area contributed by atoms with Crippen molar-refractivity contribution in [2.45, 2.75) is 110 Å². The summed E-state index contributed by atoms with van der Waals surface area (Å²) in [6.07, 6.45) is 1.01. The van der Waals surface area contributed by atoms with Crippen molar-refractivity contribution in [3.05, 3.63) is 0 Å². The van der Waals surface area contributed by atoms with E-state index in [1.54, 1.807) is 6.92 Å². The van der Waals surface area contributed by atoms with Crippen LogP contribution in [0.3, 0.4) is 0 Å². The highest BCUT2D eigenvalue weighted by molar-refractivity contribution is 5.96. The van der Waals surface area contributed by atoms with Crippen LogP contribution in [0.1, 0.15) is 73.1 Å². The van der Waals surface area contributed by atoms with Gasteiger partial charge in [-0.05, 0) is 38.0 Å². The van der Waals surface area contributed by atoms with Gasteiger partial charge in [-0.1, -0.05) is 34.1 Å². The van der Waals surface area contributed by atoms with Crippen molar-refractivity contribution in [1.29, 1.82) is 0 Å². The summed E-state index contributed by atoms with van der Waals surface area (Å²) in [6.45, 7) is 9.67. The second-order valence-electron chi connectivity index (χ2n) is 12.4. The van der Waals surface area contributed by atoms with E-state index >= 15 is 0 Å². The molecule has 2 N–H and O–H groups in total. The van der Waals surface area contributed by atoms with Crippen LogP contribution >= 0.6 is 0 Å². The van der Waals surface area contributed by atoms with Crippen molar-refractivity contribution in [1.82, 2.24) is 25.3 Å². The Labute approximate surface area is 254 Å². The number of amides is 5. The summed E-state index contributed by atoms with van der Waals surface area (Å²) >= 11 is 0. The molecule has 0 aromatic rings. The van der Waals surface area contributed by atoms with E-state index in [4.69, 9.17) is 9.47 Å². The minimum Gasteiger partial charge on any atom is -0.452 e. The quantitative estimate of drug-likeness (QED) is 0.337. The molecule has 43 heavy (non-hydrogen) atoms. The summed E-state index contributed by atoms with van der Waals surface area (Å²) in [5, 5.41) is 5.58. The van der Waals surface area contributed by atoms with Gasteiger partial charge in [0.25, 0.3) is 5.91 Å². The molecule has 3 aliphatic heterocycles. The molecule has 3 rings (SSSR count). The zero-order valence-electron chi connectivity index (χ0n) is 26.6. The Hall–Kier alpha value is -3.22. The SMILES string of the molecule is CC[C@H](C)[C@@H]1NC(=O)[C@@H]2CCCCN2C(=O)[C@@H](C[C@@H]2CO2)OC(=O)CCNC(=O)[C@H](C)N(C)C(=O)[C@H](C(C)C)N(C)C1=O. The molecule has 13 nitrogen and oxygen atoms in total. The van der Waals surface area contributed by atoms with Crippen LogP contribution in [0.5, 0.6) is 0 Å². The maximum atomic E-state index is 14.0. The second-order valence-corrected chi connectivity index (χ2v) is 12.4. The van der Waals surface area contributed by atoms with Crippen molar-refractivity contribution in [2.24, 2.45) is 11.8 Å². The van der Waals surface area contributed by atoms with Gasteiger partial charge in [0.2, 0.25) is 23.6 Å². The Bertz CT molecular complexity index is 1060. The first-order valence-electron chi connectivity index (χ1n) is 15.5. The summed E-state index contributed by atoms with van der Waals surface area (Å²) in [4.78, 5) is 85.1. The number of rotatable bonds is 5. The van der Waals surface area contributed by atoms with Crippen LogP contribution in [0.2, 0.25) is 0 Å². The number of fused-ring (bicyclic) bond motifs is 1. The molecule has 7 atom stereocenters. The molecule has 3 fully saturated rings. The van der Waals surface area contributed by atoms with Crippen molar-refractivity contribution in [3.8, 4) is 0 Å². The van der Waals surface area contributed by atoms with E-state index in [0.29, 0.717) is 38.8 Å². The Kier molecular flexibility index (Phi) is 11.9. The number of likely N-dealkylation sites (N-methyl/N-ethyl adjacent to an activating group) is 2. The largest absolute Gasteiger partial charge is 0.452 e. The topological polar surface area (TPSA) is 158 Å². The monoisotopic (exact) mass is 607 g/mol. The fraction of sp³-hybridized carbons (Fsp3) is 0.800. The molecule has 3 heterocycles. The molecule has 0 unspecified atom stereocenters. The van der Waals surface area contributed by atoms with Gasteiger partial charge >= 0.3 is 5.97 Å². The number of piperidine rings is 1. The zero-order valence-corrected chi connectivity index (χ0v) is 26.6. The number of cyclic esters (lactones) is 1. The van der Waals surface area contributed by atoms with Gasteiger partial charge in [-0.25, -0.2) is 0 Å². The van der Waals surface area contributed by atoms with Crippen LogP contribution < -0.4 is 10.6 Å². The molecular formula is C30H49N5O8. The van der Waals surface area contributed by atoms with E-state index in [0.717, 1.165) is 0 Å². The molecule has 3 aliphatic rings. The van der Waals surface area contributed by atoms with E-state index in [2.05, 4.69) is 10.6 Å². The third-order valence-electron chi connectivity index (χ3n) is 8.88. The van der Waals surface area contributed by atoms with E-state index in [1.807, 2.05) is 27.7 Å². The first-order valence-corrected chi connectivity index (χ1v) is 15.5. The molecule has 0 aromatic heterocycles. The first kappa shape index (κ1) is 34.3. The number of carbonyl (C=O) groups excluding carboxylic acids is 6. The number of hydrogen-bond acceptors (Lipinski definition) is 8. The fourth-order valence-electron chi connectivity index (χ4n) is 5.71.